The van der Waals surface area contributed by atoms with Crippen LogP contribution in [0.5, 0.6) is 0 Å². The molecule has 0 saturated carbocycles. The van der Waals surface area contributed by atoms with Crippen LogP contribution in [-0.4, -0.2) is 33.1 Å². The number of piperidine rings is 1. The molecular weight excluding hydrogens is 366 g/mol. The zero-order valence-corrected chi connectivity index (χ0v) is 19.6. The van der Waals surface area contributed by atoms with Crippen LogP contribution in [0.3, 0.4) is 0 Å². The number of nitrogens with zero attached hydrogens (tertiary/aromatic N) is 3. The first-order valence-electron chi connectivity index (χ1n) is 11.5. The first-order valence-corrected chi connectivity index (χ1v) is 11.5. The van der Waals surface area contributed by atoms with Gasteiger partial charge in [0.15, 0.2) is 0 Å². The molecular formula is C27H37N3. The summed E-state index contributed by atoms with van der Waals surface area (Å²) < 4.78 is 2.47. The first-order chi connectivity index (χ1) is 14.2. The van der Waals surface area contributed by atoms with Gasteiger partial charge in [0.05, 0.1) is 11.0 Å². The lowest BCUT2D eigenvalue weighted by atomic mass is 9.90. The number of aromatic nitrogens is 2. The summed E-state index contributed by atoms with van der Waals surface area (Å²) in [6.07, 6.45) is 3.61. The van der Waals surface area contributed by atoms with E-state index in [1.807, 2.05) is 0 Å². The molecule has 0 N–H and O–H groups in total. The van der Waals surface area contributed by atoms with E-state index in [4.69, 9.17) is 4.98 Å². The Balaban J connectivity index is 1.62. The second-order valence-corrected chi connectivity index (χ2v) is 10.3. The molecule has 1 aliphatic heterocycles. The van der Waals surface area contributed by atoms with Crippen molar-refractivity contribution >= 4 is 11.0 Å². The fraction of sp³-hybridized carbons (Fsp3) is 0.519. The van der Waals surface area contributed by atoms with Crippen LogP contribution < -0.4 is 0 Å². The Kier molecular flexibility index (Phi) is 5.76. The molecule has 0 bridgehead atoms. The lowest BCUT2D eigenvalue weighted by molar-refractivity contribution is 0.0869. The molecule has 2 heterocycles. The number of imidazole rings is 1. The third-order valence-electron chi connectivity index (χ3n) is 6.94. The highest BCUT2D eigenvalue weighted by atomic mass is 15.2. The molecule has 0 atom stereocenters. The van der Waals surface area contributed by atoms with Crippen molar-refractivity contribution in [1.29, 1.82) is 0 Å². The van der Waals surface area contributed by atoms with E-state index >= 15 is 0 Å². The highest BCUT2D eigenvalue weighted by Gasteiger charge is 2.28. The van der Waals surface area contributed by atoms with Crippen molar-refractivity contribution in [1.82, 2.24) is 14.5 Å². The molecule has 1 aromatic heterocycles. The van der Waals surface area contributed by atoms with E-state index in [1.165, 1.54) is 59.5 Å². The van der Waals surface area contributed by atoms with Gasteiger partial charge in [0.2, 0.25) is 0 Å². The van der Waals surface area contributed by atoms with Crippen LogP contribution in [0.2, 0.25) is 0 Å². The smallest absolute Gasteiger partial charge is 0.110 e. The number of hydrogen-bond acceptors (Lipinski definition) is 2. The van der Waals surface area contributed by atoms with Gasteiger partial charge in [-0.05, 0) is 102 Å². The largest absolute Gasteiger partial charge is 0.323 e. The maximum absolute atomic E-state index is 5.14. The molecule has 3 heteroatoms. The minimum Gasteiger partial charge on any atom is -0.323 e. The average molecular weight is 404 g/mol. The summed E-state index contributed by atoms with van der Waals surface area (Å²) in [6.45, 7) is 16.8. The maximum atomic E-state index is 5.14. The van der Waals surface area contributed by atoms with E-state index in [0.717, 1.165) is 24.4 Å². The van der Waals surface area contributed by atoms with Crippen LogP contribution in [-0.2, 0) is 13.0 Å². The molecule has 0 radical (unpaired) electrons. The predicted octanol–water partition coefficient (Wildman–Crippen LogP) is 6.06. The molecule has 4 rings (SSSR count). The molecule has 1 saturated heterocycles. The fourth-order valence-corrected chi connectivity index (χ4v) is 4.70. The van der Waals surface area contributed by atoms with Crippen molar-refractivity contribution in [2.45, 2.75) is 72.9 Å². The van der Waals surface area contributed by atoms with Crippen molar-refractivity contribution in [3.63, 3.8) is 0 Å². The second kappa shape index (κ2) is 8.19. The number of fused-ring (bicyclic) bond motifs is 1. The number of likely N-dealkylation sites (tertiary alicyclic amines) is 1. The fourth-order valence-electron chi connectivity index (χ4n) is 4.70. The molecule has 3 nitrogen and oxygen atoms in total. The average Bonchev–Trinajstić information content (AvgIpc) is 3.00. The Bertz CT molecular complexity index is 1010. The van der Waals surface area contributed by atoms with Crippen LogP contribution in [0, 0.1) is 26.7 Å². The summed E-state index contributed by atoms with van der Waals surface area (Å²) in [5.74, 6) is 1.98. The lowest BCUT2D eigenvalue weighted by Crippen LogP contribution is -2.46. The Morgan fingerprint density at radius 2 is 1.57 bits per heavy atom. The molecule has 0 spiro atoms. The summed E-state index contributed by atoms with van der Waals surface area (Å²) in [7, 11) is 0. The molecule has 2 aromatic carbocycles. The molecule has 1 aliphatic rings. The zero-order valence-electron chi connectivity index (χ0n) is 19.6. The van der Waals surface area contributed by atoms with Gasteiger partial charge in [-0.3, -0.25) is 4.90 Å². The van der Waals surface area contributed by atoms with Gasteiger partial charge in [0, 0.05) is 18.5 Å². The monoisotopic (exact) mass is 403 g/mol. The summed E-state index contributed by atoms with van der Waals surface area (Å²) >= 11 is 0. The molecule has 0 unspecified atom stereocenters. The van der Waals surface area contributed by atoms with Crippen molar-refractivity contribution in [3.05, 3.63) is 64.5 Å². The van der Waals surface area contributed by atoms with E-state index in [-0.39, 0.29) is 5.54 Å². The highest BCUT2D eigenvalue weighted by molar-refractivity contribution is 5.78. The van der Waals surface area contributed by atoms with Crippen molar-refractivity contribution in [2.75, 3.05) is 13.1 Å². The third kappa shape index (κ3) is 4.46. The number of benzene rings is 2. The van der Waals surface area contributed by atoms with Crippen molar-refractivity contribution < 1.29 is 0 Å². The molecule has 30 heavy (non-hydrogen) atoms. The molecule has 3 aromatic rings. The standard InChI is InChI=1S/C27H37N3/c1-19-7-9-23(10-8-19)18-30-25-16-21(3)20(2)15-24(25)28-26(30)17-22-11-13-29(14-12-22)27(4,5)6/h7-10,15-16,22H,11-14,17-18H2,1-6H3. The normalized spacial score (nSPS) is 16.5. The molecule has 1 fully saturated rings. The molecule has 0 aliphatic carbocycles. The van der Waals surface area contributed by atoms with E-state index in [9.17, 15) is 0 Å². The number of hydrogen-bond donors (Lipinski definition) is 0. The second-order valence-electron chi connectivity index (χ2n) is 10.3. The van der Waals surface area contributed by atoms with Gasteiger partial charge in [0.1, 0.15) is 5.82 Å². The molecule has 160 valence electrons. The zero-order chi connectivity index (χ0) is 21.5. The van der Waals surface area contributed by atoms with Crippen molar-refractivity contribution in [2.24, 2.45) is 5.92 Å². The lowest BCUT2D eigenvalue weighted by Gasteiger charge is -2.40. The Labute approximate surface area is 182 Å². The van der Waals surface area contributed by atoms with Gasteiger partial charge >= 0.3 is 0 Å². The maximum Gasteiger partial charge on any atom is 0.110 e. The topological polar surface area (TPSA) is 21.1 Å². The Morgan fingerprint density at radius 3 is 2.20 bits per heavy atom. The minimum atomic E-state index is 0.276. The van der Waals surface area contributed by atoms with E-state index in [1.54, 1.807) is 0 Å². The van der Waals surface area contributed by atoms with E-state index in [2.05, 4.69) is 87.4 Å². The summed E-state index contributed by atoms with van der Waals surface area (Å²) in [5.41, 5.74) is 8.03. The highest BCUT2D eigenvalue weighted by Crippen LogP contribution is 2.29. The summed E-state index contributed by atoms with van der Waals surface area (Å²) in [6, 6.07) is 13.5. The van der Waals surface area contributed by atoms with Gasteiger partial charge in [0.25, 0.3) is 0 Å². The number of aryl methyl sites for hydroxylation is 3. The van der Waals surface area contributed by atoms with E-state index in [0.29, 0.717) is 0 Å². The predicted molar refractivity (Wildman–Crippen MR) is 127 cm³/mol. The van der Waals surface area contributed by atoms with Gasteiger partial charge < -0.3 is 4.57 Å². The van der Waals surface area contributed by atoms with E-state index < -0.39 is 0 Å². The summed E-state index contributed by atoms with van der Waals surface area (Å²) in [4.78, 5) is 7.77. The van der Waals surface area contributed by atoms with Crippen LogP contribution in [0.15, 0.2) is 36.4 Å². The first kappa shape index (κ1) is 21.1. The summed E-state index contributed by atoms with van der Waals surface area (Å²) in [5, 5.41) is 0. The Morgan fingerprint density at radius 1 is 0.933 bits per heavy atom. The van der Waals surface area contributed by atoms with Crippen LogP contribution in [0.25, 0.3) is 11.0 Å². The Hall–Kier alpha value is -2.13. The SMILES string of the molecule is Cc1ccc(Cn2c(CC3CCN(C(C)(C)C)CC3)nc3cc(C)c(C)cc32)cc1. The van der Waals surface area contributed by atoms with Gasteiger partial charge in [-0.25, -0.2) is 4.98 Å². The minimum absolute atomic E-state index is 0.276. The quantitative estimate of drug-likeness (QED) is 0.528. The van der Waals surface area contributed by atoms with Crippen molar-refractivity contribution in [3.8, 4) is 0 Å². The van der Waals surface area contributed by atoms with Gasteiger partial charge in [-0.1, -0.05) is 29.8 Å². The number of rotatable bonds is 4. The van der Waals surface area contributed by atoms with Crippen LogP contribution in [0.4, 0.5) is 0 Å². The molecule has 0 amide bonds. The van der Waals surface area contributed by atoms with Crippen LogP contribution >= 0.6 is 0 Å². The van der Waals surface area contributed by atoms with Gasteiger partial charge in [-0.2, -0.15) is 0 Å². The van der Waals surface area contributed by atoms with Crippen LogP contribution in [0.1, 0.15) is 61.7 Å². The third-order valence-corrected chi connectivity index (χ3v) is 6.94. The van der Waals surface area contributed by atoms with Gasteiger partial charge in [-0.15, -0.1) is 0 Å².